The number of methoxy groups -OCH3 is 1. The van der Waals surface area contributed by atoms with E-state index < -0.39 is 34.3 Å². The zero-order valence-corrected chi connectivity index (χ0v) is 22.8. The number of anilines is 1. The summed E-state index contributed by atoms with van der Waals surface area (Å²) in [5.74, 6) is -0.960. The van der Waals surface area contributed by atoms with Crippen molar-refractivity contribution < 1.29 is 27.1 Å². The van der Waals surface area contributed by atoms with Gasteiger partial charge in [-0.2, -0.15) is 0 Å². The molecule has 2 aromatic rings. The number of hydrogen-bond donors (Lipinski definition) is 1. The highest BCUT2D eigenvalue weighted by Gasteiger charge is 2.31. The number of ether oxygens (including phenoxy) is 1. The fraction of sp³-hybridized carbons (Fsp3) is 0.462. The molecule has 2 amide bonds. The Hall–Kier alpha value is -2.85. The lowest BCUT2D eigenvalue weighted by atomic mass is 9.95. The molecule has 0 saturated heterocycles. The maximum absolute atomic E-state index is 13.7. The van der Waals surface area contributed by atoms with E-state index in [9.17, 15) is 22.4 Å². The molecule has 0 heterocycles. The van der Waals surface area contributed by atoms with Gasteiger partial charge in [0.1, 0.15) is 24.2 Å². The van der Waals surface area contributed by atoms with Gasteiger partial charge >= 0.3 is 0 Å². The van der Waals surface area contributed by atoms with Crippen molar-refractivity contribution in [2.45, 2.75) is 57.7 Å². The lowest BCUT2D eigenvalue weighted by Crippen LogP contribution is -2.52. The van der Waals surface area contributed by atoms with Gasteiger partial charge in [0.25, 0.3) is 0 Å². The molecule has 1 aliphatic rings. The number of benzene rings is 2. The molecule has 2 aromatic carbocycles. The molecular weight excluding hydrogens is 521 g/mol. The zero-order chi connectivity index (χ0) is 27.2. The molecule has 202 valence electrons. The monoisotopic (exact) mass is 553 g/mol. The first-order valence-electron chi connectivity index (χ1n) is 12.1. The van der Waals surface area contributed by atoms with E-state index in [1.54, 1.807) is 38.3 Å². The van der Waals surface area contributed by atoms with E-state index in [0.717, 1.165) is 60.4 Å². The molecule has 0 bridgehead atoms. The van der Waals surface area contributed by atoms with E-state index in [1.165, 1.54) is 11.0 Å². The van der Waals surface area contributed by atoms with Gasteiger partial charge in [0.15, 0.2) is 0 Å². The van der Waals surface area contributed by atoms with Crippen LogP contribution in [0.15, 0.2) is 42.5 Å². The first kappa shape index (κ1) is 28.7. The lowest BCUT2D eigenvalue weighted by Gasteiger charge is -2.33. The molecule has 0 aromatic heterocycles. The molecule has 3 rings (SSSR count). The zero-order valence-electron chi connectivity index (χ0n) is 21.2. The van der Waals surface area contributed by atoms with Crippen molar-refractivity contribution in [2.24, 2.45) is 0 Å². The summed E-state index contributed by atoms with van der Waals surface area (Å²) in [7, 11) is -2.39. The minimum absolute atomic E-state index is 0.0472. The minimum Gasteiger partial charge on any atom is -0.497 e. The Morgan fingerprint density at radius 2 is 1.78 bits per heavy atom. The number of carbonyl (C=O) groups is 2. The van der Waals surface area contributed by atoms with E-state index >= 15 is 0 Å². The van der Waals surface area contributed by atoms with Crippen LogP contribution in [0.2, 0.25) is 5.02 Å². The minimum atomic E-state index is -3.94. The highest BCUT2D eigenvalue weighted by Crippen LogP contribution is 2.25. The smallest absolute Gasteiger partial charge is 0.244 e. The Morgan fingerprint density at radius 1 is 1.14 bits per heavy atom. The summed E-state index contributed by atoms with van der Waals surface area (Å²) in [5.41, 5.74) is 0.785. The number of hydrogen-bond acceptors (Lipinski definition) is 5. The first-order valence-corrected chi connectivity index (χ1v) is 14.4. The van der Waals surface area contributed by atoms with Crippen molar-refractivity contribution in [3.8, 4) is 5.75 Å². The van der Waals surface area contributed by atoms with Crippen molar-refractivity contribution in [3.63, 3.8) is 0 Å². The lowest BCUT2D eigenvalue weighted by molar-refractivity contribution is -0.139. The SMILES string of the molecule is COc1ccc(CN(C(=O)CN(c2ccc(F)c(Cl)c2)S(C)(=O)=O)[C@@H](C)C(=O)NC2CCCCC2)cc1. The van der Waals surface area contributed by atoms with Crippen molar-refractivity contribution in [3.05, 3.63) is 58.9 Å². The Kier molecular flexibility index (Phi) is 9.78. The Bertz CT molecular complexity index is 1200. The van der Waals surface area contributed by atoms with Gasteiger partial charge in [0, 0.05) is 12.6 Å². The van der Waals surface area contributed by atoms with Crippen LogP contribution >= 0.6 is 11.6 Å². The number of nitrogens with zero attached hydrogens (tertiary/aromatic N) is 2. The molecule has 1 N–H and O–H groups in total. The molecule has 1 saturated carbocycles. The second kappa shape index (κ2) is 12.6. The van der Waals surface area contributed by atoms with Crippen LogP contribution in [0, 0.1) is 5.82 Å². The van der Waals surface area contributed by atoms with Gasteiger partial charge < -0.3 is 15.0 Å². The van der Waals surface area contributed by atoms with Gasteiger partial charge in [-0.15, -0.1) is 0 Å². The normalized spacial score (nSPS) is 15.1. The van der Waals surface area contributed by atoms with E-state index in [-0.39, 0.29) is 29.2 Å². The van der Waals surface area contributed by atoms with Crippen LogP contribution in [0.3, 0.4) is 0 Å². The molecule has 11 heteroatoms. The van der Waals surface area contributed by atoms with Crippen LogP contribution in [-0.4, -0.2) is 57.1 Å². The van der Waals surface area contributed by atoms with Crippen LogP contribution in [0.4, 0.5) is 10.1 Å². The number of sulfonamides is 1. The molecule has 1 atom stereocenters. The highest BCUT2D eigenvalue weighted by atomic mass is 35.5. The number of nitrogens with one attached hydrogen (secondary N) is 1. The fourth-order valence-electron chi connectivity index (χ4n) is 4.33. The summed E-state index contributed by atoms with van der Waals surface area (Å²) in [4.78, 5) is 28.1. The fourth-order valence-corrected chi connectivity index (χ4v) is 5.35. The van der Waals surface area contributed by atoms with Crippen LogP contribution in [0.1, 0.15) is 44.6 Å². The largest absolute Gasteiger partial charge is 0.497 e. The summed E-state index contributed by atoms with van der Waals surface area (Å²) in [6.07, 6.45) is 5.94. The van der Waals surface area contributed by atoms with Gasteiger partial charge in [-0.3, -0.25) is 13.9 Å². The van der Waals surface area contributed by atoms with Gasteiger partial charge in [0.05, 0.1) is 24.1 Å². The predicted molar refractivity (Wildman–Crippen MR) is 142 cm³/mol. The van der Waals surface area contributed by atoms with Gasteiger partial charge in [0.2, 0.25) is 21.8 Å². The Morgan fingerprint density at radius 3 is 2.35 bits per heavy atom. The predicted octanol–water partition coefficient (Wildman–Crippen LogP) is 4.12. The molecule has 0 aliphatic heterocycles. The first-order chi connectivity index (χ1) is 17.5. The second-order valence-electron chi connectivity index (χ2n) is 9.26. The average molecular weight is 554 g/mol. The summed E-state index contributed by atoms with van der Waals surface area (Å²) >= 11 is 5.87. The van der Waals surface area contributed by atoms with Crippen LogP contribution in [-0.2, 0) is 26.2 Å². The molecule has 1 aliphatic carbocycles. The highest BCUT2D eigenvalue weighted by molar-refractivity contribution is 7.92. The molecule has 8 nitrogen and oxygen atoms in total. The van der Waals surface area contributed by atoms with Gasteiger partial charge in [-0.1, -0.05) is 43.0 Å². The van der Waals surface area contributed by atoms with Crippen molar-refractivity contribution in [1.29, 1.82) is 0 Å². The van der Waals surface area contributed by atoms with Crippen molar-refractivity contribution in [2.75, 3.05) is 24.2 Å². The maximum atomic E-state index is 13.7. The quantitative estimate of drug-likeness (QED) is 0.477. The van der Waals surface area contributed by atoms with Crippen LogP contribution in [0.5, 0.6) is 5.75 Å². The summed E-state index contributed by atoms with van der Waals surface area (Å²) in [6, 6.07) is 9.65. The van der Waals surface area contributed by atoms with E-state index in [1.807, 2.05) is 0 Å². The molecule has 37 heavy (non-hydrogen) atoms. The third-order valence-electron chi connectivity index (χ3n) is 6.50. The second-order valence-corrected chi connectivity index (χ2v) is 11.6. The summed E-state index contributed by atoms with van der Waals surface area (Å²) in [5, 5.41) is 2.77. The molecule has 0 radical (unpaired) electrons. The third-order valence-corrected chi connectivity index (χ3v) is 7.93. The topological polar surface area (TPSA) is 96.0 Å². The van der Waals surface area contributed by atoms with E-state index in [2.05, 4.69) is 5.32 Å². The molecule has 1 fully saturated rings. The molecule has 0 spiro atoms. The van der Waals surface area contributed by atoms with Gasteiger partial charge in [-0.25, -0.2) is 12.8 Å². The number of carbonyl (C=O) groups excluding carboxylic acids is 2. The Labute approximate surface area is 222 Å². The number of amides is 2. The number of rotatable bonds is 10. The number of halogens is 2. The van der Waals surface area contributed by atoms with Crippen LogP contribution < -0.4 is 14.4 Å². The van der Waals surface area contributed by atoms with Crippen LogP contribution in [0.25, 0.3) is 0 Å². The standard InChI is InChI=1S/C26H33ClFN3O5S/c1-18(26(33)29-20-7-5-4-6-8-20)30(16-19-9-12-22(36-2)13-10-19)25(32)17-31(37(3,34)35)21-11-14-24(28)23(27)15-21/h9-15,18,20H,4-8,16-17H2,1-3H3,(H,29,33)/t18-/m0/s1. The molecule has 0 unspecified atom stereocenters. The van der Waals surface area contributed by atoms with Crippen molar-refractivity contribution >= 4 is 39.1 Å². The van der Waals surface area contributed by atoms with Gasteiger partial charge in [-0.05, 0) is 55.7 Å². The average Bonchev–Trinajstić information content (AvgIpc) is 2.87. The summed E-state index contributed by atoms with van der Waals surface area (Å²) < 4.78 is 45.0. The third kappa shape index (κ3) is 7.82. The maximum Gasteiger partial charge on any atom is 0.244 e. The molecular formula is C26H33ClFN3O5S. The Balaban J connectivity index is 1.88. The summed E-state index contributed by atoms with van der Waals surface area (Å²) in [6.45, 7) is 1.11. The van der Waals surface area contributed by atoms with Crippen molar-refractivity contribution in [1.82, 2.24) is 10.2 Å². The van der Waals surface area contributed by atoms with E-state index in [4.69, 9.17) is 16.3 Å². The van der Waals surface area contributed by atoms with E-state index in [0.29, 0.717) is 5.75 Å².